The predicted octanol–water partition coefficient (Wildman–Crippen LogP) is 4.72. The van der Waals surface area contributed by atoms with Gasteiger partial charge in [0.1, 0.15) is 5.00 Å². The standard InChI is InChI=1S/C23H26N4O3S2/c1-27-20(15-10-6-5-7-11-15)25-26-23(27)31-14-18(28)24-21-19(22(29)30-2)16-12-8-3-4-9-13-17(16)32-21/h5-7,10-11H,3-4,8-9,12-14H2,1-2H3,(H,24,28). The van der Waals surface area contributed by atoms with Gasteiger partial charge in [-0.1, -0.05) is 54.9 Å². The Morgan fingerprint density at radius 3 is 2.62 bits per heavy atom. The van der Waals surface area contributed by atoms with Gasteiger partial charge >= 0.3 is 5.97 Å². The lowest BCUT2D eigenvalue weighted by atomic mass is 9.96. The Morgan fingerprint density at radius 1 is 1.12 bits per heavy atom. The van der Waals surface area contributed by atoms with Gasteiger partial charge in [-0.15, -0.1) is 21.5 Å². The number of ether oxygens (including phenoxy) is 1. The molecule has 0 spiro atoms. The highest BCUT2D eigenvalue weighted by atomic mass is 32.2. The third kappa shape index (κ3) is 4.88. The molecule has 1 aliphatic carbocycles. The molecule has 7 nitrogen and oxygen atoms in total. The summed E-state index contributed by atoms with van der Waals surface area (Å²) in [5.41, 5.74) is 2.54. The van der Waals surface area contributed by atoms with Crippen molar-refractivity contribution in [2.45, 2.75) is 43.7 Å². The number of rotatable bonds is 6. The summed E-state index contributed by atoms with van der Waals surface area (Å²) in [6.45, 7) is 0. The largest absolute Gasteiger partial charge is 0.465 e. The van der Waals surface area contributed by atoms with Gasteiger partial charge in [0.2, 0.25) is 5.91 Å². The zero-order valence-corrected chi connectivity index (χ0v) is 19.9. The summed E-state index contributed by atoms with van der Waals surface area (Å²) in [6, 6.07) is 9.81. The van der Waals surface area contributed by atoms with Crippen molar-refractivity contribution < 1.29 is 14.3 Å². The monoisotopic (exact) mass is 470 g/mol. The van der Waals surface area contributed by atoms with Crippen LogP contribution in [0, 0.1) is 0 Å². The molecule has 1 N–H and O–H groups in total. The number of nitrogens with zero attached hydrogens (tertiary/aromatic N) is 3. The van der Waals surface area contributed by atoms with Crippen LogP contribution in [0.4, 0.5) is 5.00 Å². The first kappa shape index (κ1) is 22.5. The molecule has 0 radical (unpaired) electrons. The zero-order valence-electron chi connectivity index (χ0n) is 18.2. The fourth-order valence-electron chi connectivity index (χ4n) is 3.90. The summed E-state index contributed by atoms with van der Waals surface area (Å²) in [5, 5.41) is 12.7. The summed E-state index contributed by atoms with van der Waals surface area (Å²) >= 11 is 2.82. The number of aryl methyl sites for hydroxylation is 1. The molecule has 168 valence electrons. The lowest BCUT2D eigenvalue weighted by Gasteiger charge is -2.11. The third-order valence-electron chi connectivity index (χ3n) is 5.51. The van der Waals surface area contributed by atoms with E-state index in [-0.39, 0.29) is 17.6 Å². The molecule has 0 bridgehead atoms. The van der Waals surface area contributed by atoms with Gasteiger partial charge in [0, 0.05) is 17.5 Å². The second-order valence-electron chi connectivity index (χ2n) is 7.68. The highest BCUT2D eigenvalue weighted by molar-refractivity contribution is 7.99. The number of amides is 1. The minimum atomic E-state index is -0.383. The van der Waals surface area contributed by atoms with E-state index in [4.69, 9.17) is 4.74 Å². The van der Waals surface area contributed by atoms with Crippen molar-refractivity contribution in [2.24, 2.45) is 7.05 Å². The van der Waals surface area contributed by atoms with Crippen LogP contribution < -0.4 is 5.32 Å². The Kier molecular flexibility index (Phi) is 7.26. The number of thioether (sulfide) groups is 1. The van der Waals surface area contributed by atoms with E-state index in [1.807, 2.05) is 41.9 Å². The number of aromatic nitrogens is 3. The molecule has 0 saturated carbocycles. The molecular formula is C23H26N4O3S2. The second kappa shape index (κ2) is 10.3. The number of carbonyl (C=O) groups excluding carboxylic acids is 2. The van der Waals surface area contributed by atoms with Crippen LogP contribution in [0.2, 0.25) is 0 Å². The molecule has 0 fully saturated rings. The van der Waals surface area contributed by atoms with Gasteiger partial charge in [-0.2, -0.15) is 0 Å². The summed E-state index contributed by atoms with van der Waals surface area (Å²) in [5.74, 6) is 0.356. The Bertz CT molecular complexity index is 1110. The number of benzene rings is 1. The van der Waals surface area contributed by atoms with Gasteiger partial charge < -0.3 is 14.6 Å². The molecule has 4 rings (SSSR count). The van der Waals surface area contributed by atoms with E-state index in [0.717, 1.165) is 49.1 Å². The highest BCUT2D eigenvalue weighted by Gasteiger charge is 2.26. The van der Waals surface area contributed by atoms with Gasteiger partial charge in [0.15, 0.2) is 11.0 Å². The zero-order chi connectivity index (χ0) is 22.5. The summed E-state index contributed by atoms with van der Waals surface area (Å²) in [4.78, 5) is 26.5. The molecule has 32 heavy (non-hydrogen) atoms. The Labute approximate surface area is 195 Å². The number of hydrogen-bond donors (Lipinski definition) is 1. The maximum Gasteiger partial charge on any atom is 0.341 e. The molecule has 1 aromatic carbocycles. The quantitative estimate of drug-likeness (QED) is 0.414. The fraction of sp³-hybridized carbons (Fsp3) is 0.391. The minimum absolute atomic E-state index is 0.171. The van der Waals surface area contributed by atoms with Crippen LogP contribution >= 0.6 is 23.1 Å². The first-order valence-electron chi connectivity index (χ1n) is 10.7. The molecule has 2 heterocycles. The van der Waals surface area contributed by atoms with Crippen molar-refractivity contribution in [1.29, 1.82) is 0 Å². The smallest absolute Gasteiger partial charge is 0.341 e. The first-order chi connectivity index (χ1) is 15.6. The lowest BCUT2D eigenvalue weighted by Crippen LogP contribution is -2.16. The van der Waals surface area contributed by atoms with E-state index in [9.17, 15) is 9.59 Å². The molecule has 0 atom stereocenters. The van der Waals surface area contributed by atoms with Crippen LogP contribution in [0.1, 0.15) is 46.5 Å². The van der Waals surface area contributed by atoms with E-state index in [0.29, 0.717) is 15.7 Å². The van der Waals surface area contributed by atoms with Gasteiger partial charge in [-0.3, -0.25) is 4.79 Å². The number of fused-ring (bicyclic) bond motifs is 1. The van der Waals surface area contributed by atoms with E-state index < -0.39 is 0 Å². The van der Waals surface area contributed by atoms with Gasteiger partial charge in [-0.05, 0) is 31.2 Å². The lowest BCUT2D eigenvalue weighted by molar-refractivity contribution is -0.113. The molecule has 0 saturated heterocycles. The molecule has 3 aromatic rings. The van der Waals surface area contributed by atoms with E-state index in [2.05, 4.69) is 15.5 Å². The van der Waals surface area contributed by atoms with E-state index in [1.54, 1.807) is 0 Å². The Morgan fingerprint density at radius 2 is 1.88 bits per heavy atom. The highest BCUT2D eigenvalue weighted by Crippen LogP contribution is 2.37. The summed E-state index contributed by atoms with van der Waals surface area (Å²) in [6.07, 6.45) is 6.31. The number of hydrogen-bond acceptors (Lipinski definition) is 7. The molecular weight excluding hydrogens is 444 g/mol. The van der Waals surface area contributed by atoms with Crippen LogP contribution in [0.3, 0.4) is 0 Å². The molecule has 1 aliphatic rings. The van der Waals surface area contributed by atoms with Crippen molar-refractivity contribution >= 4 is 40.0 Å². The topological polar surface area (TPSA) is 86.1 Å². The Hall–Kier alpha value is -2.65. The van der Waals surface area contributed by atoms with E-state index in [1.165, 1.54) is 41.5 Å². The molecule has 9 heteroatoms. The predicted molar refractivity (Wildman–Crippen MR) is 127 cm³/mol. The van der Waals surface area contributed by atoms with Crippen LogP contribution in [-0.2, 0) is 29.4 Å². The maximum atomic E-state index is 12.8. The number of methoxy groups -OCH3 is 1. The van der Waals surface area contributed by atoms with Crippen LogP contribution in [0.25, 0.3) is 11.4 Å². The average molecular weight is 471 g/mol. The van der Waals surface area contributed by atoms with Gasteiger partial charge in [0.25, 0.3) is 0 Å². The molecule has 1 amide bonds. The minimum Gasteiger partial charge on any atom is -0.465 e. The molecule has 0 aliphatic heterocycles. The van der Waals surface area contributed by atoms with Crippen molar-refractivity contribution in [3.63, 3.8) is 0 Å². The number of esters is 1. The van der Waals surface area contributed by atoms with Gasteiger partial charge in [-0.25, -0.2) is 4.79 Å². The average Bonchev–Trinajstić information content (AvgIpc) is 3.32. The van der Waals surface area contributed by atoms with Crippen LogP contribution in [0.5, 0.6) is 0 Å². The Balaban J connectivity index is 1.47. The van der Waals surface area contributed by atoms with Crippen molar-refractivity contribution in [1.82, 2.24) is 14.8 Å². The molecule has 2 aromatic heterocycles. The van der Waals surface area contributed by atoms with Crippen molar-refractivity contribution in [2.75, 3.05) is 18.2 Å². The number of carbonyl (C=O) groups is 2. The SMILES string of the molecule is COC(=O)c1c(NC(=O)CSc2nnc(-c3ccccc3)n2C)sc2c1CCCCCC2. The van der Waals surface area contributed by atoms with Crippen molar-refractivity contribution in [3.8, 4) is 11.4 Å². The van der Waals surface area contributed by atoms with Crippen LogP contribution in [0.15, 0.2) is 35.5 Å². The van der Waals surface area contributed by atoms with Crippen LogP contribution in [-0.4, -0.2) is 39.5 Å². The normalized spacial score (nSPS) is 13.7. The van der Waals surface area contributed by atoms with E-state index >= 15 is 0 Å². The molecule has 0 unspecified atom stereocenters. The van der Waals surface area contributed by atoms with Gasteiger partial charge in [0.05, 0.1) is 18.4 Å². The first-order valence-corrected chi connectivity index (χ1v) is 12.5. The number of thiophene rings is 1. The number of nitrogens with one attached hydrogen (secondary N) is 1. The number of anilines is 1. The fourth-order valence-corrected chi connectivity index (χ4v) is 5.90. The summed E-state index contributed by atoms with van der Waals surface area (Å²) in [7, 11) is 3.27. The van der Waals surface area contributed by atoms with Crippen molar-refractivity contribution in [3.05, 3.63) is 46.3 Å². The third-order valence-corrected chi connectivity index (χ3v) is 7.74. The second-order valence-corrected chi connectivity index (χ2v) is 9.73. The summed E-state index contributed by atoms with van der Waals surface area (Å²) < 4.78 is 6.91. The maximum absolute atomic E-state index is 12.8.